The quantitative estimate of drug-likeness (QED) is 0.546. The smallest absolute Gasteiger partial charge is 0.331 e. The van der Waals surface area contributed by atoms with Gasteiger partial charge in [0.15, 0.2) is 0 Å². The fourth-order valence-electron chi connectivity index (χ4n) is 2.70. The second kappa shape index (κ2) is 9.09. The van der Waals surface area contributed by atoms with Crippen molar-refractivity contribution < 1.29 is 27.1 Å². The molecule has 3 rings (SSSR count). The van der Waals surface area contributed by atoms with Gasteiger partial charge in [0, 0.05) is 24.7 Å². The van der Waals surface area contributed by atoms with Crippen molar-refractivity contribution in [2.45, 2.75) is 11.5 Å². The van der Waals surface area contributed by atoms with E-state index in [1.54, 1.807) is 30.3 Å². The Morgan fingerprint density at radius 3 is 2.64 bits per heavy atom. The van der Waals surface area contributed by atoms with Crippen molar-refractivity contribution in [2.75, 3.05) is 26.3 Å². The minimum Gasteiger partial charge on any atom is -0.458 e. The highest BCUT2D eigenvalue weighted by atomic mass is 32.2. The summed E-state index contributed by atoms with van der Waals surface area (Å²) in [7, 11) is -3.62. The van der Waals surface area contributed by atoms with Crippen LogP contribution in [0.4, 0.5) is 4.39 Å². The van der Waals surface area contributed by atoms with Crippen LogP contribution in [-0.2, 0) is 30.9 Å². The first-order chi connectivity index (χ1) is 13.5. The van der Waals surface area contributed by atoms with Gasteiger partial charge in [-0.1, -0.05) is 30.3 Å². The summed E-state index contributed by atoms with van der Waals surface area (Å²) in [6, 6.07) is 12.3. The fourth-order valence-corrected chi connectivity index (χ4v) is 4.18. The lowest BCUT2D eigenvalue weighted by atomic mass is 10.2. The summed E-state index contributed by atoms with van der Waals surface area (Å²) in [5.74, 6) is -1.09. The third-order valence-corrected chi connectivity index (χ3v) is 6.09. The molecule has 0 spiro atoms. The van der Waals surface area contributed by atoms with Gasteiger partial charge in [0.05, 0.1) is 18.1 Å². The van der Waals surface area contributed by atoms with E-state index in [4.69, 9.17) is 9.47 Å². The van der Waals surface area contributed by atoms with E-state index in [0.29, 0.717) is 31.9 Å². The summed E-state index contributed by atoms with van der Waals surface area (Å²) < 4.78 is 50.6. The third kappa shape index (κ3) is 5.03. The van der Waals surface area contributed by atoms with E-state index in [9.17, 15) is 17.6 Å². The summed E-state index contributed by atoms with van der Waals surface area (Å²) in [4.78, 5) is 12.0. The molecule has 148 valence electrons. The van der Waals surface area contributed by atoms with Crippen molar-refractivity contribution in [3.63, 3.8) is 0 Å². The van der Waals surface area contributed by atoms with Crippen LogP contribution in [0.3, 0.4) is 0 Å². The van der Waals surface area contributed by atoms with Crippen LogP contribution in [0.2, 0.25) is 0 Å². The molecule has 6 nitrogen and oxygen atoms in total. The molecule has 8 heteroatoms. The van der Waals surface area contributed by atoms with Crippen molar-refractivity contribution in [1.29, 1.82) is 0 Å². The second-order valence-electron chi connectivity index (χ2n) is 6.13. The lowest BCUT2D eigenvalue weighted by Gasteiger charge is -2.26. The molecule has 0 saturated carbocycles. The van der Waals surface area contributed by atoms with Gasteiger partial charge >= 0.3 is 5.97 Å². The van der Waals surface area contributed by atoms with Crippen molar-refractivity contribution in [1.82, 2.24) is 4.31 Å². The van der Waals surface area contributed by atoms with E-state index < -0.39 is 21.8 Å². The maximum absolute atomic E-state index is 13.5. The molecule has 1 aliphatic rings. The predicted molar refractivity (Wildman–Crippen MR) is 101 cm³/mol. The number of hydrogen-bond acceptors (Lipinski definition) is 5. The molecule has 0 aliphatic carbocycles. The molecule has 0 bridgehead atoms. The Bertz CT molecular complexity index is 968. The van der Waals surface area contributed by atoms with Crippen LogP contribution in [0.1, 0.15) is 11.1 Å². The SMILES string of the molecule is O=C(/C=C/c1ccccc1F)OCc1cccc(S(=O)(=O)N2CCOCC2)c1. The fraction of sp³-hybridized carbons (Fsp3) is 0.250. The van der Waals surface area contributed by atoms with E-state index >= 15 is 0 Å². The molecule has 1 aliphatic heterocycles. The standard InChI is InChI=1S/C20H20FNO5S/c21-19-7-2-1-5-17(19)8-9-20(23)27-15-16-4-3-6-18(14-16)28(24,25)22-10-12-26-13-11-22/h1-9,14H,10-13,15H2/b9-8+. The van der Waals surface area contributed by atoms with E-state index in [2.05, 4.69) is 0 Å². The molecule has 0 amide bonds. The third-order valence-electron chi connectivity index (χ3n) is 4.19. The summed E-state index contributed by atoms with van der Waals surface area (Å²) in [5, 5.41) is 0. The zero-order chi connectivity index (χ0) is 20.0. The highest BCUT2D eigenvalue weighted by Crippen LogP contribution is 2.19. The number of carbonyl (C=O) groups excluding carboxylic acids is 1. The number of morpholine rings is 1. The van der Waals surface area contributed by atoms with Gasteiger partial charge in [0.2, 0.25) is 10.0 Å². The molecule has 2 aromatic rings. The average molecular weight is 405 g/mol. The van der Waals surface area contributed by atoms with Crippen molar-refractivity contribution in [3.8, 4) is 0 Å². The number of halogens is 1. The Kier molecular flexibility index (Phi) is 6.56. The molecular formula is C20H20FNO5S. The van der Waals surface area contributed by atoms with E-state index in [0.717, 1.165) is 6.08 Å². The van der Waals surface area contributed by atoms with Crippen LogP contribution in [0.15, 0.2) is 59.5 Å². The Morgan fingerprint density at radius 1 is 1.14 bits per heavy atom. The first-order valence-electron chi connectivity index (χ1n) is 8.73. The largest absolute Gasteiger partial charge is 0.458 e. The predicted octanol–water partition coefficient (Wildman–Crippen LogP) is 2.60. The van der Waals surface area contributed by atoms with Gasteiger partial charge in [-0.3, -0.25) is 0 Å². The van der Waals surface area contributed by atoms with Gasteiger partial charge in [0.1, 0.15) is 12.4 Å². The minimum absolute atomic E-state index is 0.0904. The number of benzene rings is 2. The van der Waals surface area contributed by atoms with Crippen molar-refractivity contribution in [3.05, 3.63) is 71.6 Å². The topological polar surface area (TPSA) is 72.9 Å². The first kappa shape index (κ1) is 20.2. The average Bonchev–Trinajstić information content (AvgIpc) is 2.72. The lowest BCUT2D eigenvalue weighted by molar-refractivity contribution is -0.138. The van der Waals surface area contributed by atoms with Crippen LogP contribution in [-0.4, -0.2) is 45.0 Å². The lowest BCUT2D eigenvalue weighted by Crippen LogP contribution is -2.40. The molecule has 2 aromatic carbocycles. The van der Waals surface area contributed by atoms with Crippen LogP contribution in [0.25, 0.3) is 6.08 Å². The Labute approximate surface area is 163 Å². The Hall–Kier alpha value is -2.55. The van der Waals surface area contributed by atoms with Crippen LogP contribution in [0, 0.1) is 5.82 Å². The molecule has 0 radical (unpaired) electrons. The van der Waals surface area contributed by atoms with Crippen LogP contribution in [0.5, 0.6) is 0 Å². The number of sulfonamides is 1. The van der Waals surface area contributed by atoms with Gasteiger partial charge in [-0.25, -0.2) is 17.6 Å². The van der Waals surface area contributed by atoms with Gasteiger partial charge in [0.25, 0.3) is 0 Å². The van der Waals surface area contributed by atoms with Crippen molar-refractivity contribution >= 4 is 22.1 Å². The maximum atomic E-state index is 13.5. The number of ether oxygens (including phenoxy) is 2. The second-order valence-corrected chi connectivity index (χ2v) is 8.06. The van der Waals surface area contributed by atoms with E-state index in [1.165, 1.54) is 28.6 Å². The summed E-state index contributed by atoms with van der Waals surface area (Å²) in [5.41, 5.74) is 0.819. The molecule has 1 saturated heterocycles. The van der Waals surface area contributed by atoms with E-state index in [1.807, 2.05) is 0 Å². The molecule has 0 aromatic heterocycles. The number of hydrogen-bond donors (Lipinski definition) is 0. The van der Waals surface area contributed by atoms with Gasteiger partial charge < -0.3 is 9.47 Å². The number of nitrogens with zero attached hydrogens (tertiary/aromatic N) is 1. The number of esters is 1. The Morgan fingerprint density at radius 2 is 1.89 bits per heavy atom. The maximum Gasteiger partial charge on any atom is 0.331 e. The van der Waals surface area contributed by atoms with Crippen molar-refractivity contribution in [2.24, 2.45) is 0 Å². The molecular weight excluding hydrogens is 385 g/mol. The van der Waals surface area contributed by atoms with Gasteiger partial charge in [-0.05, 0) is 29.8 Å². The number of rotatable bonds is 6. The zero-order valence-corrected chi connectivity index (χ0v) is 15.9. The van der Waals surface area contributed by atoms with Gasteiger partial charge in [-0.2, -0.15) is 4.31 Å². The molecule has 28 heavy (non-hydrogen) atoms. The normalized spacial score (nSPS) is 15.6. The van der Waals surface area contributed by atoms with E-state index in [-0.39, 0.29) is 17.1 Å². The monoisotopic (exact) mass is 405 g/mol. The minimum atomic E-state index is -3.62. The summed E-state index contributed by atoms with van der Waals surface area (Å²) in [6.07, 6.45) is 2.46. The first-order valence-corrected chi connectivity index (χ1v) is 10.2. The molecule has 1 fully saturated rings. The Balaban J connectivity index is 1.63. The molecule has 0 atom stereocenters. The highest BCUT2D eigenvalue weighted by Gasteiger charge is 2.26. The molecule has 0 unspecified atom stereocenters. The zero-order valence-electron chi connectivity index (χ0n) is 15.1. The van der Waals surface area contributed by atoms with Gasteiger partial charge in [-0.15, -0.1) is 0 Å². The van der Waals surface area contributed by atoms with Crippen LogP contribution < -0.4 is 0 Å². The number of carbonyl (C=O) groups is 1. The highest BCUT2D eigenvalue weighted by molar-refractivity contribution is 7.89. The molecule has 1 heterocycles. The summed E-state index contributed by atoms with van der Waals surface area (Å²) in [6.45, 7) is 1.26. The molecule has 0 N–H and O–H groups in total. The van der Waals surface area contributed by atoms with Crippen LogP contribution >= 0.6 is 0 Å². The summed E-state index contributed by atoms with van der Waals surface area (Å²) >= 11 is 0.